The zero-order chi connectivity index (χ0) is 24.8. The van der Waals surface area contributed by atoms with Gasteiger partial charge < -0.3 is 20.7 Å². The summed E-state index contributed by atoms with van der Waals surface area (Å²) in [5, 5.41) is 2.79. The minimum atomic E-state index is -1.02. The highest BCUT2D eigenvalue weighted by Gasteiger charge is 2.34. The number of rotatable bonds is 7. The van der Waals surface area contributed by atoms with E-state index in [0.29, 0.717) is 12.0 Å². The molecule has 0 bridgehead atoms. The number of likely N-dealkylation sites (tertiary alicyclic amines) is 1. The van der Waals surface area contributed by atoms with Crippen LogP contribution < -0.4 is 11.1 Å². The summed E-state index contributed by atoms with van der Waals surface area (Å²) in [6, 6.07) is 12.2. The maximum absolute atomic E-state index is 13.3. The van der Waals surface area contributed by atoms with Crippen molar-refractivity contribution in [3.63, 3.8) is 0 Å². The molecular formula is C27H32FN3O4. The SMILES string of the molecule is NC(=O)[C@@H](NC(=O)[C@@H]1CCCC[C@H]1c1ccc(COC(=O)N2CCCC2)cc1)c1ccc(F)cc1. The molecule has 1 aliphatic carbocycles. The fourth-order valence-electron chi connectivity index (χ4n) is 5.06. The van der Waals surface area contributed by atoms with E-state index in [4.69, 9.17) is 10.5 Å². The highest BCUT2D eigenvalue weighted by atomic mass is 19.1. The standard InChI is InChI=1S/C27H32FN3O4/c28-21-13-11-20(12-14-21)24(25(29)32)30-26(33)23-6-2-1-5-22(23)19-9-7-18(8-10-19)17-35-27(34)31-15-3-4-16-31/h7-14,22-24H,1-6,15-17H2,(H2,29,32)(H,30,33)/t22-,23+,24-/m0/s1. The van der Waals surface area contributed by atoms with Crippen molar-refractivity contribution in [3.8, 4) is 0 Å². The van der Waals surface area contributed by atoms with Gasteiger partial charge in [0.1, 0.15) is 18.5 Å². The normalized spacial score (nSPS) is 20.8. The predicted molar refractivity (Wildman–Crippen MR) is 129 cm³/mol. The lowest BCUT2D eigenvalue weighted by atomic mass is 9.74. The summed E-state index contributed by atoms with van der Waals surface area (Å²) in [5.41, 5.74) is 7.93. The summed E-state index contributed by atoms with van der Waals surface area (Å²) in [5.74, 6) is -1.64. The average Bonchev–Trinajstić information content (AvgIpc) is 3.42. The summed E-state index contributed by atoms with van der Waals surface area (Å²) in [7, 11) is 0. The van der Waals surface area contributed by atoms with Crippen molar-refractivity contribution in [3.05, 3.63) is 71.0 Å². The largest absolute Gasteiger partial charge is 0.445 e. The first kappa shape index (κ1) is 24.7. The van der Waals surface area contributed by atoms with E-state index in [1.165, 1.54) is 24.3 Å². The highest BCUT2D eigenvalue weighted by molar-refractivity contribution is 5.89. The number of hydrogen-bond acceptors (Lipinski definition) is 4. The molecule has 8 heteroatoms. The lowest BCUT2D eigenvalue weighted by Gasteiger charge is -2.32. The molecule has 3 atom stereocenters. The van der Waals surface area contributed by atoms with Crippen molar-refractivity contribution < 1.29 is 23.5 Å². The van der Waals surface area contributed by atoms with Crippen LogP contribution in [-0.2, 0) is 20.9 Å². The Morgan fingerprint density at radius 1 is 0.971 bits per heavy atom. The molecule has 7 nitrogen and oxygen atoms in total. The number of primary amides is 1. The molecule has 0 spiro atoms. The molecule has 3 amide bonds. The molecule has 186 valence electrons. The Hall–Kier alpha value is -3.42. The number of carbonyl (C=O) groups is 3. The van der Waals surface area contributed by atoms with Gasteiger partial charge in [-0.3, -0.25) is 9.59 Å². The van der Waals surface area contributed by atoms with E-state index in [0.717, 1.165) is 56.3 Å². The number of benzene rings is 2. The van der Waals surface area contributed by atoms with E-state index in [1.807, 2.05) is 24.3 Å². The molecule has 0 aromatic heterocycles. The Kier molecular flexibility index (Phi) is 8.00. The van der Waals surface area contributed by atoms with Gasteiger partial charge >= 0.3 is 6.09 Å². The van der Waals surface area contributed by atoms with Crippen LogP contribution >= 0.6 is 0 Å². The molecule has 35 heavy (non-hydrogen) atoms. The van der Waals surface area contributed by atoms with Gasteiger partial charge in [0.15, 0.2) is 0 Å². The number of nitrogens with zero attached hydrogens (tertiary/aromatic N) is 1. The van der Waals surface area contributed by atoms with Gasteiger partial charge in [-0.05, 0) is 60.4 Å². The number of nitrogens with two attached hydrogens (primary N) is 1. The summed E-state index contributed by atoms with van der Waals surface area (Å²) < 4.78 is 18.7. The third-order valence-corrected chi connectivity index (χ3v) is 7.01. The van der Waals surface area contributed by atoms with Gasteiger partial charge in [0.2, 0.25) is 11.8 Å². The van der Waals surface area contributed by atoms with Gasteiger partial charge in [-0.1, -0.05) is 49.2 Å². The van der Waals surface area contributed by atoms with Crippen LogP contribution in [0.1, 0.15) is 67.2 Å². The number of nitrogens with one attached hydrogen (secondary N) is 1. The van der Waals surface area contributed by atoms with E-state index in [2.05, 4.69) is 5.32 Å². The van der Waals surface area contributed by atoms with Crippen LogP contribution in [-0.4, -0.2) is 35.9 Å². The Morgan fingerprint density at radius 2 is 1.63 bits per heavy atom. The van der Waals surface area contributed by atoms with Crippen LogP contribution in [0.3, 0.4) is 0 Å². The van der Waals surface area contributed by atoms with Gasteiger partial charge in [0, 0.05) is 19.0 Å². The number of amides is 3. The third kappa shape index (κ3) is 6.18. The first-order valence-electron chi connectivity index (χ1n) is 12.3. The zero-order valence-electron chi connectivity index (χ0n) is 19.8. The Balaban J connectivity index is 1.41. The van der Waals surface area contributed by atoms with Crippen molar-refractivity contribution in [2.75, 3.05) is 13.1 Å². The molecule has 0 radical (unpaired) electrons. The van der Waals surface area contributed by atoms with E-state index < -0.39 is 17.8 Å². The van der Waals surface area contributed by atoms with Crippen LogP contribution in [0.2, 0.25) is 0 Å². The second-order valence-corrected chi connectivity index (χ2v) is 9.38. The maximum Gasteiger partial charge on any atom is 0.410 e. The van der Waals surface area contributed by atoms with Gasteiger partial charge in [-0.2, -0.15) is 0 Å². The molecule has 2 aromatic carbocycles. The number of ether oxygens (including phenoxy) is 1. The number of hydrogen-bond donors (Lipinski definition) is 2. The monoisotopic (exact) mass is 481 g/mol. The van der Waals surface area contributed by atoms with E-state index in [9.17, 15) is 18.8 Å². The van der Waals surface area contributed by atoms with Crippen molar-refractivity contribution in [2.24, 2.45) is 11.7 Å². The predicted octanol–water partition coefficient (Wildman–Crippen LogP) is 4.17. The van der Waals surface area contributed by atoms with Crippen molar-refractivity contribution in [1.82, 2.24) is 10.2 Å². The summed E-state index contributed by atoms with van der Waals surface area (Å²) >= 11 is 0. The molecule has 2 fully saturated rings. The highest BCUT2D eigenvalue weighted by Crippen LogP contribution is 2.38. The summed E-state index contributed by atoms with van der Waals surface area (Å²) in [6.07, 6.45) is 5.27. The third-order valence-electron chi connectivity index (χ3n) is 7.01. The minimum Gasteiger partial charge on any atom is -0.445 e. The van der Waals surface area contributed by atoms with Crippen LogP contribution in [0.15, 0.2) is 48.5 Å². The molecule has 1 saturated heterocycles. The van der Waals surface area contributed by atoms with Crippen LogP contribution in [0.4, 0.5) is 9.18 Å². The van der Waals surface area contributed by atoms with Crippen LogP contribution in [0.5, 0.6) is 0 Å². The minimum absolute atomic E-state index is 0.00620. The smallest absolute Gasteiger partial charge is 0.410 e. The molecule has 2 aromatic rings. The Morgan fingerprint density at radius 3 is 2.29 bits per heavy atom. The molecule has 1 saturated carbocycles. The fraction of sp³-hybridized carbons (Fsp3) is 0.444. The van der Waals surface area contributed by atoms with E-state index in [1.54, 1.807) is 4.90 Å². The van der Waals surface area contributed by atoms with Crippen molar-refractivity contribution >= 4 is 17.9 Å². The quantitative estimate of drug-likeness (QED) is 0.620. The first-order valence-corrected chi connectivity index (χ1v) is 12.3. The van der Waals surface area contributed by atoms with Gasteiger partial charge in [-0.15, -0.1) is 0 Å². The fourth-order valence-corrected chi connectivity index (χ4v) is 5.06. The van der Waals surface area contributed by atoms with Gasteiger partial charge in [0.25, 0.3) is 0 Å². The molecule has 2 aliphatic rings. The second kappa shape index (κ2) is 11.3. The topological polar surface area (TPSA) is 102 Å². The summed E-state index contributed by atoms with van der Waals surface area (Å²) in [4.78, 5) is 39.2. The molecule has 1 aliphatic heterocycles. The van der Waals surface area contributed by atoms with Gasteiger partial charge in [0.05, 0.1) is 0 Å². The molecule has 0 unspecified atom stereocenters. The first-order chi connectivity index (χ1) is 16.9. The number of halogens is 1. The van der Waals surface area contributed by atoms with Crippen molar-refractivity contribution in [1.29, 1.82) is 0 Å². The Labute approximate surface area is 204 Å². The summed E-state index contributed by atoms with van der Waals surface area (Å²) in [6.45, 7) is 1.71. The zero-order valence-corrected chi connectivity index (χ0v) is 19.8. The van der Waals surface area contributed by atoms with E-state index >= 15 is 0 Å². The van der Waals surface area contributed by atoms with E-state index in [-0.39, 0.29) is 30.4 Å². The molecule has 4 rings (SSSR count). The Bertz CT molecular complexity index is 1040. The van der Waals surface area contributed by atoms with Crippen molar-refractivity contribution in [2.45, 2.75) is 57.1 Å². The number of carbonyl (C=O) groups excluding carboxylic acids is 3. The lowest BCUT2D eigenvalue weighted by molar-refractivity contribution is -0.131. The lowest BCUT2D eigenvalue weighted by Crippen LogP contribution is -2.42. The average molecular weight is 482 g/mol. The molecule has 3 N–H and O–H groups in total. The van der Waals surface area contributed by atoms with Crippen LogP contribution in [0, 0.1) is 11.7 Å². The molecular weight excluding hydrogens is 449 g/mol. The van der Waals surface area contributed by atoms with Gasteiger partial charge in [-0.25, -0.2) is 9.18 Å². The second-order valence-electron chi connectivity index (χ2n) is 9.38. The van der Waals surface area contributed by atoms with Crippen LogP contribution in [0.25, 0.3) is 0 Å². The maximum atomic E-state index is 13.3. The molecule has 1 heterocycles.